The van der Waals surface area contributed by atoms with E-state index < -0.39 is 0 Å². The number of aromatic nitrogens is 6. The number of nitrogens with zero attached hydrogens (tertiary/aromatic N) is 6. The molecule has 4 aromatic rings. The van der Waals surface area contributed by atoms with E-state index in [2.05, 4.69) is 25.5 Å². The fourth-order valence-electron chi connectivity index (χ4n) is 3.27. The number of benzene rings is 1. The average molecular weight is 386 g/mol. The van der Waals surface area contributed by atoms with Gasteiger partial charge in [-0.25, -0.2) is 19.2 Å². The molecule has 0 fully saturated rings. The summed E-state index contributed by atoms with van der Waals surface area (Å²) < 4.78 is 3.81. The zero-order valence-electron chi connectivity index (χ0n) is 14.1. The topological polar surface area (TPSA) is 72.9 Å². The number of hydrogen-bond donors (Lipinski definition) is 1. The largest absolute Gasteiger partial charge is 0.350 e. The molecule has 0 saturated carbocycles. The van der Waals surface area contributed by atoms with E-state index in [1.165, 1.54) is 11.3 Å². The summed E-state index contributed by atoms with van der Waals surface area (Å²) in [5.74, 6) is 1.80. The molecule has 1 aliphatic heterocycles. The van der Waals surface area contributed by atoms with Crippen molar-refractivity contribution >= 4 is 33.0 Å². The Labute approximate surface area is 158 Å². The van der Waals surface area contributed by atoms with E-state index in [1.54, 1.807) is 0 Å². The Balaban J connectivity index is 1.41. The highest BCUT2D eigenvalue weighted by molar-refractivity contribution is 7.20. The van der Waals surface area contributed by atoms with Crippen LogP contribution >= 0.6 is 22.9 Å². The predicted molar refractivity (Wildman–Crippen MR) is 102 cm³/mol. The molecule has 0 amide bonds. The normalized spacial score (nSPS) is 16.8. The molecular formula is C17H16ClN7S. The standard InChI is InChI=1S/C17H16ClN7S/c1-10-19-15-13(3-2-8-24(15)22-10)20-16-23-25-9-14(21-17(25)26-16)11-4-6-12(18)7-5-11/h4-7,9,13H,2-3,8H2,1H3,(H,20,23). The Kier molecular flexibility index (Phi) is 3.68. The molecular weight excluding hydrogens is 370 g/mol. The van der Waals surface area contributed by atoms with Crippen LogP contribution in [0.2, 0.25) is 5.02 Å². The van der Waals surface area contributed by atoms with Crippen molar-refractivity contribution < 1.29 is 0 Å². The van der Waals surface area contributed by atoms with Crippen LogP contribution in [0.15, 0.2) is 30.5 Å². The van der Waals surface area contributed by atoms with E-state index in [1.807, 2.05) is 46.6 Å². The van der Waals surface area contributed by atoms with Crippen LogP contribution in [-0.2, 0) is 6.54 Å². The Morgan fingerprint density at radius 1 is 1.19 bits per heavy atom. The van der Waals surface area contributed by atoms with Crippen molar-refractivity contribution in [2.75, 3.05) is 5.32 Å². The maximum Gasteiger partial charge on any atom is 0.214 e. The molecule has 4 heterocycles. The number of anilines is 1. The number of nitrogens with one attached hydrogen (secondary N) is 1. The van der Waals surface area contributed by atoms with Crippen LogP contribution < -0.4 is 5.32 Å². The van der Waals surface area contributed by atoms with Crippen molar-refractivity contribution in [1.29, 1.82) is 0 Å². The fourth-order valence-corrected chi connectivity index (χ4v) is 4.23. The van der Waals surface area contributed by atoms with Gasteiger partial charge in [-0.3, -0.25) is 0 Å². The minimum Gasteiger partial charge on any atom is -0.350 e. The lowest BCUT2D eigenvalue weighted by atomic mass is 10.1. The first-order valence-electron chi connectivity index (χ1n) is 8.46. The van der Waals surface area contributed by atoms with Gasteiger partial charge in [0.2, 0.25) is 10.1 Å². The summed E-state index contributed by atoms with van der Waals surface area (Å²) in [5, 5.41) is 14.1. The van der Waals surface area contributed by atoms with Crippen LogP contribution in [-0.4, -0.2) is 29.4 Å². The molecule has 5 rings (SSSR count). The van der Waals surface area contributed by atoms with Crippen molar-refractivity contribution in [2.45, 2.75) is 32.4 Å². The quantitative estimate of drug-likeness (QED) is 0.578. The summed E-state index contributed by atoms with van der Waals surface area (Å²) in [4.78, 5) is 10.1. The maximum atomic E-state index is 5.95. The Hall–Kier alpha value is -2.45. The van der Waals surface area contributed by atoms with Crippen molar-refractivity contribution in [3.05, 3.63) is 47.1 Å². The molecule has 1 N–H and O–H groups in total. The van der Waals surface area contributed by atoms with Crippen molar-refractivity contribution in [3.63, 3.8) is 0 Å². The lowest BCUT2D eigenvalue weighted by Crippen LogP contribution is -2.22. The van der Waals surface area contributed by atoms with Crippen LogP contribution in [0.1, 0.15) is 30.5 Å². The molecule has 1 aliphatic rings. The lowest BCUT2D eigenvalue weighted by molar-refractivity contribution is 0.437. The first-order chi connectivity index (χ1) is 12.7. The molecule has 0 bridgehead atoms. The summed E-state index contributed by atoms with van der Waals surface area (Å²) in [7, 11) is 0. The number of fused-ring (bicyclic) bond motifs is 2. The third-order valence-corrected chi connectivity index (χ3v) is 5.57. The average Bonchev–Trinajstić information content (AvgIpc) is 3.28. The molecule has 0 aliphatic carbocycles. The molecule has 1 aromatic carbocycles. The minimum atomic E-state index is 0.136. The van der Waals surface area contributed by atoms with Gasteiger partial charge in [0.25, 0.3) is 0 Å². The monoisotopic (exact) mass is 385 g/mol. The second-order valence-electron chi connectivity index (χ2n) is 6.35. The zero-order chi connectivity index (χ0) is 17.7. The van der Waals surface area contributed by atoms with Crippen LogP contribution in [0, 0.1) is 6.92 Å². The van der Waals surface area contributed by atoms with Gasteiger partial charge in [0.15, 0.2) is 0 Å². The number of hydrogen-bond acceptors (Lipinski definition) is 6. The molecule has 3 aromatic heterocycles. The second kappa shape index (κ2) is 6.07. The van der Waals surface area contributed by atoms with Gasteiger partial charge in [-0.15, -0.1) is 5.10 Å². The number of rotatable bonds is 3. The second-order valence-corrected chi connectivity index (χ2v) is 7.74. The first-order valence-corrected chi connectivity index (χ1v) is 9.65. The molecule has 0 saturated heterocycles. The molecule has 132 valence electrons. The van der Waals surface area contributed by atoms with E-state index in [0.29, 0.717) is 0 Å². The first kappa shape index (κ1) is 15.8. The molecule has 1 atom stereocenters. The summed E-state index contributed by atoms with van der Waals surface area (Å²) in [6, 6.07) is 7.80. The van der Waals surface area contributed by atoms with Crippen molar-refractivity contribution in [1.82, 2.24) is 29.4 Å². The van der Waals surface area contributed by atoms with E-state index >= 15 is 0 Å². The van der Waals surface area contributed by atoms with Gasteiger partial charge < -0.3 is 5.32 Å². The summed E-state index contributed by atoms with van der Waals surface area (Å²) in [5.41, 5.74) is 1.91. The van der Waals surface area contributed by atoms with E-state index in [0.717, 1.165) is 57.4 Å². The Morgan fingerprint density at radius 3 is 2.85 bits per heavy atom. The summed E-state index contributed by atoms with van der Waals surface area (Å²) >= 11 is 7.49. The smallest absolute Gasteiger partial charge is 0.214 e. The van der Waals surface area contributed by atoms with Crippen LogP contribution in [0.5, 0.6) is 0 Å². The predicted octanol–water partition coefficient (Wildman–Crippen LogP) is 3.96. The highest BCUT2D eigenvalue weighted by atomic mass is 35.5. The highest BCUT2D eigenvalue weighted by Crippen LogP contribution is 2.30. The van der Waals surface area contributed by atoms with E-state index in [-0.39, 0.29) is 6.04 Å². The summed E-state index contributed by atoms with van der Waals surface area (Å²) in [6.45, 7) is 2.86. The number of aryl methyl sites for hydroxylation is 2. The molecule has 26 heavy (non-hydrogen) atoms. The van der Waals surface area contributed by atoms with Gasteiger partial charge in [-0.2, -0.15) is 5.10 Å². The minimum absolute atomic E-state index is 0.136. The molecule has 0 radical (unpaired) electrons. The van der Waals surface area contributed by atoms with Crippen LogP contribution in [0.3, 0.4) is 0 Å². The van der Waals surface area contributed by atoms with Gasteiger partial charge in [0, 0.05) is 17.1 Å². The molecule has 1 unspecified atom stereocenters. The highest BCUT2D eigenvalue weighted by Gasteiger charge is 2.24. The van der Waals surface area contributed by atoms with Crippen LogP contribution in [0.25, 0.3) is 16.2 Å². The number of halogens is 1. The molecule has 7 nitrogen and oxygen atoms in total. The maximum absolute atomic E-state index is 5.95. The third-order valence-electron chi connectivity index (χ3n) is 4.46. The van der Waals surface area contributed by atoms with Gasteiger partial charge in [-0.1, -0.05) is 35.1 Å². The summed E-state index contributed by atoms with van der Waals surface area (Å²) in [6.07, 6.45) is 4.04. The Bertz CT molecular complexity index is 1050. The van der Waals surface area contributed by atoms with Crippen molar-refractivity contribution in [3.8, 4) is 11.3 Å². The van der Waals surface area contributed by atoms with Crippen molar-refractivity contribution in [2.24, 2.45) is 0 Å². The zero-order valence-corrected chi connectivity index (χ0v) is 15.6. The van der Waals surface area contributed by atoms with Gasteiger partial charge in [-0.05, 0) is 31.9 Å². The Morgan fingerprint density at radius 2 is 2.04 bits per heavy atom. The van der Waals surface area contributed by atoms with Gasteiger partial charge in [0.05, 0.1) is 17.9 Å². The van der Waals surface area contributed by atoms with E-state index in [4.69, 9.17) is 11.6 Å². The lowest BCUT2D eigenvalue weighted by Gasteiger charge is -2.22. The SMILES string of the molecule is Cc1nc2n(n1)CCCC2Nc1nn2cc(-c3ccc(Cl)cc3)nc2s1. The van der Waals surface area contributed by atoms with Gasteiger partial charge in [0.1, 0.15) is 11.6 Å². The molecule has 9 heteroatoms. The fraction of sp³-hybridized carbons (Fsp3) is 0.294. The third kappa shape index (κ3) is 2.75. The van der Waals surface area contributed by atoms with Gasteiger partial charge >= 0.3 is 0 Å². The van der Waals surface area contributed by atoms with Crippen LogP contribution in [0.4, 0.5) is 5.13 Å². The van der Waals surface area contributed by atoms with E-state index in [9.17, 15) is 0 Å². The number of imidazole rings is 1. The molecule has 0 spiro atoms.